The Balaban J connectivity index is 1.66. The molecule has 55 heavy (non-hydrogen) atoms. The third-order valence-electron chi connectivity index (χ3n) is 8.87. The molecule has 2 aliphatic rings. The zero-order valence-electron chi connectivity index (χ0n) is 32.1. The third-order valence-corrected chi connectivity index (χ3v) is 12.3. The van der Waals surface area contributed by atoms with Crippen LogP contribution < -0.4 is 11.1 Å². The van der Waals surface area contributed by atoms with Gasteiger partial charge in [0.15, 0.2) is 30.0 Å². The van der Waals surface area contributed by atoms with E-state index in [9.17, 15) is 29.4 Å². The van der Waals surface area contributed by atoms with E-state index in [4.69, 9.17) is 38.7 Å². The van der Waals surface area contributed by atoms with Gasteiger partial charge in [-0.15, -0.1) is 0 Å². The lowest BCUT2D eigenvalue weighted by Gasteiger charge is -2.46. The molecule has 2 fully saturated rings. The van der Waals surface area contributed by atoms with Gasteiger partial charge in [-0.2, -0.15) is 0 Å². The number of carbonyl (C=O) groups is 4. The van der Waals surface area contributed by atoms with Gasteiger partial charge in [0.2, 0.25) is 11.4 Å². The summed E-state index contributed by atoms with van der Waals surface area (Å²) in [4.78, 5) is 61.0. The van der Waals surface area contributed by atoms with Crippen LogP contribution in [0.5, 0.6) is 0 Å². The van der Waals surface area contributed by atoms with Crippen molar-refractivity contribution in [1.29, 1.82) is 0 Å². The molecular formula is C33H52N7O14P. The first kappa shape index (κ1) is 43.9. The number of imidazole rings is 1. The van der Waals surface area contributed by atoms with Crippen molar-refractivity contribution in [2.75, 3.05) is 32.2 Å². The highest BCUT2D eigenvalue weighted by atomic mass is 31.2. The summed E-state index contributed by atoms with van der Waals surface area (Å²) >= 11 is 0. The number of carbonyl (C=O) groups excluding carboxylic acids is 4. The van der Waals surface area contributed by atoms with Gasteiger partial charge in [-0.3, -0.25) is 28.3 Å². The van der Waals surface area contributed by atoms with Crippen molar-refractivity contribution in [1.82, 2.24) is 29.5 Å². The van der Waals surface area contributed by atoms with E-state index in [1.165, 1.54) is 31.1 Å². The number of rotatable bonds is 17. The van der Waals surface area contributed by atoms with E-state index in [1.807, 2.05) is 27.7 Å². The van der Waals surface area contributed by atoms with Crippen molar-refractivity contribution in [3.8, 4) is 0 Å². The van der Waals surface area contributed by atoms with Gasteiger partial charge in [0.25, 0.3) is 0 Å². The quantitative estimate of drug-likeness (QED) is 0.0736. The van der Waals surface area contributed by atoms with Crippen molar-refractivity contribution >= 4 is 48.3 Å². The number of ether oxygens (including phenoxy) is 6. The van der Waals surface area contributed by atoms with Gasteiger partial charge in [-0.05, 0) is 34.1 Å². The smallest absolute Gasteiger partial charge is 0.325 e. The van der Waals surface area contributed by atoms with Gasteiger partial charge in [0.1, 0.15) is 43.0 Å². The number of nitrogens with one attached hydrogen (secondary N) is 1. The fourth-order valence-electron chi connectivity index (χ4n) is 6.95. The molecule has 0 spiro atoms. The average molecular weight is 802 g/mol. The van der Waals surface area contributed by atoms with Crippen LogP contribution in [-0.4, -0.2) is 140 Å². The molecular weight excluding hydrogens is 749 g/mol. The Kier molecular flexibility index (Phi) is 14.7. The number of aliphatic hydroxyl groups is 2. The molecule has 1 amide bonds. The van der Waals surface area contributed by atoms with Crippen LogP contribution in [0.2, 0.25) is 0 Å². The largest absolute Gasteiger partial charge is 0.463 e. The van der Waals surface area contributed by atoms with Crippen LogP contribution in [0.4, 0.5) is 5.82 Å². The molecule has 308 valence electrons. The number of anilines is 1. The first-order chi connectivity index (χ1) is 25.9. The highest BCUT2D eigenvalue weighted by Crippen LogP contribution is 2.70. The molecule has 5 N–H and O–H groups in total. The van der Waals surface area contributed by atoms with Gasteiger partial charge < -0.3 is 54.2 Å². The molecule has 21 nitrogen and oxygen atoms in total. The number of amides is 1. The highest BCUT2D eigenvalue weighted by Gasteiger charge is 2.64. The minimum Gasteiger partial charge on any atom is -0.463 e. The summed E-state index contributed by atoms with van der Waals surface area (Å²) in [6.07, 6.45) is -5.22. The normalized spacial score (nSPS) is 28.0. The number of nitrogens with zero attached hydrogens (tertiary/aromatic N) is 5. The number of nitrogens with two attached hydrogens (primary N) is 1. The number of aliphatic hydroxyl groups excluding tert-OH is 2. The summed E-state index contributed by atoms with van der Waals surface area (Å²) < 4.78 is 59.9. The minimum absolute atomic E-state index is 0.0568. The summed E-state index contributed by atoms with van der Waals surface area (Å²) in [6.45, 7) is 10.6. The zero-order chi connectivity index (χ0) is 40.8. The van der Waals surface area contributed by atoms with Crippen LogP contribution in [0.3, 0.4) is 0 Å². The second kappa shape index (κ2) is 18.4. The first-order valence-electron chi connectivity index (χ1n) is 17.8. The standard InChI is InChI=1S/C33H52N7O14P/c1-17(2)40(18(3)4)55(47,33(12-23(46)24(13-41)54-33)39-16-37-27-30(34)35-15-36-31(27)39)50-11-9-10-48-32-26(38-19(5)42)29(52-22(8)45)28(51-21(7)44)25(53-32)14-49-20(6)43/h15-18,23-26,28-29,32,41,46H,9-14H2,1-8H3,(H,38,42)(H2,34,35,36)/t23-,24+,25+,26+,28+,29+,32+,33-,55?/m0/s1. The summed E-state index contributed by atoms with van der Waals surface area (Å²) in [7, 11) is -4.33. The van der Waals surface area contributed by atoms with Gasteiger partial charge in [-0.1, -0.05) is 0 Å². The molecule has 2 saturated heterocycles. The van der Waals surface area contributed by atoms with Gasteiger partial charge in [0, 0.05) is 46.2 Å². The maximum Gasteiger partial charge on any atom is 0.325 e. The molecule has 22 heteroatoms. The van der Waals surface area contributed by atoms with Crippen molar-refractivity contribution in [3.63, 3.8) is 0 Å². The molecule has 0 aliphatic carbocycles. The van der Waals surface area contributed by atoms with Crippen LogP contribution >= 0.6 is 7.52 Å². The van der Waals surface area contributed by atoms with Crippen molar-refractivity contribution in [3.05, 3.63) is 12.7 Å². The number of aromatic nitrogens is 4. The Bertz CT molecular complexity index is 1720. The molecule has 0 radical (unpaired) electrons. The maximum absolute atomic E-state index is 15.9. The molecule has 4 heterocycles. The molecule has 9 atom stereocenters. The van der Waals surface area contributed by atoms with Crippen molar-refractivity contribution in [2.45, 2.75) is 129 Å². The van der Waals surface area contributed by atoms with Gasteiger partial charge >= 0.3 is 25.4 Å². The number of hydrogen-bond donors (Lipinski definition) is 4. The lowest BCUT2D eigenvalue weighted by Crippen LogP contribution is -2.66. The summed E-state index contributed by atoms with van der Waals surface area (Å²) in [5.74, 6) is -2.66. The van der Waals surface area contributed by atoms with Crippen LogP contribution in [-0.2, 0) is 62.2 Å². The van der Waals surface area contributed by atoms with Crippen LogP contribution in [0.1, 0.15) is 68.2 Å². The lowest BCUT2D eigenvalue weighted by atomic mass is 9.96. The molecule has 0 saturated carbocycles. The van der Waals surface area contributed by atoms with E-state index >= 15 is 4.57 Å². The second-order valence-electron chi connectivity index (χ2n) is 13.8. The molecule has 2 aromatic heterocycles. The minimum atomic E-state index is -4.33. The summed E-state index contributed by atoms with van der Waals surface area (Å²) in [6, 6.07) is -1.98. The molecule has 4 rings (SSSR count). The molecule has 2 aromatic rings. The Morgan fingerprint density at radius 3 is 2.24 bits per heavy atom. The van der Waals surface area contributed by atoms with E-state index < -0.39 is 105 Å². The Morgan fingerprint density at radius 1 is 1.02 bits per heavy atom. The average Bonchev–Trinajstić information content (AvgIpc) is 3.67. The van der Waals surface area contributed by atoms with Crippen LogP contribution in [0.15, 0.2) is 12.7 Å². The fourth-order valence-corrected chi connectivity index (χ4v) is 10.3. The topological polar surface area (TPSA) is 275 Å². The van der Waals surface area contributed by atoms with E-state index in [0.29, 0.717) is 0 Å². The van der Waals surface area contributed by atoms with Gasteiger partial charge in [-0.25, -0.2) is 19.6 Å². The Labute approximate surface area is 318 Å². The van der Waals surface area contributed by atoms with Crippen molar-refractivity contribution in [2.24, 2.45) is 0 Å². The van der Waals surface area contributed by atoms with E-state index in [-0.39, 0.29) is 43.0 Å². The van der Waals surface area contributed by atoms with E-state index in [1.54, 1.807) is 4.67 Å². The number of nitrogen functional groups attached to an aromatic ring is 1. The number of fused-ring (bicyclic) bond motifs is 1. The molecule has 0 bridgehead atoms. The van der Waals surface area contributed by atoms with E-state index in [2.05, 4.69) is 20.3 Å². The predicted octanol–water partition coefficient (Wildman–Crippen LogP) is 0.552. The number of hydrogen-bond acceptors (Lipinski definition) is 18. The second-order valence-corrected chi connectivity index (χ2v) is 16.2. The Hall–Kier alpha value is -3.82. The molecule has 1 unspecified atom stereocenters. The van der Waals surface area contributed by atoms with Crippen LogP contribution in [0, 0.1) is 0 Å². The summed E-state index contributed by atoms with van der Waals surface area (Å²) in [5, 5.41) is 23.9. The summed E-state index contributed by atoms with van der Waals surface area (Å²) in [5.41, 5.74) is 4.49. The third kappa shape index (κ3) is 9.60. The van der Waals surface area contributed by atoms with Crippen molar-refractivity contribution < 1.29 is 66.9 Å². The van der Waals surface area contributed by atoms with Crippen LogP contribution in [0.25, 0.3) is 11.2 Å². The fraction of sp³-hybridized carbons (Fsp3) is 0.727. The SMILES string of the molecule is CC(=O)N[C@H]1[C@H](OCCCOP(=O)(N(C(C)C)C(C)C)[C@]2(n3cnc4c(N)ncnc43)C[C@H](O)[C@@H](CO)O2)O[C@H](COC(C)=O)[C@@H](OC(C)=O)[C@@H]1OC(C)=O. The molecule has 0 aromatic carbocycles. The predicted molar refractivity (Wildman–Crippen MR) is 191 cm³/mol. The van der Waals surface area contributed by atoms with Gasteiger partial charge in [0.05, 0.1) is 25.9 Å². The maximum atomic E-state index is 15.9. The van der Waals surface area contributed by atoms with E-state index in [0.717, 1.165) is 13.8 Å². The zero-order valence-corrected chi connectivity index (χ0v) is 33.0. The number of esters is 3. The lowest BCUT2D eigenvalue weighted by molar-refractivity contribution is -0.278. The highest BCUT2D eigenvalue weighted by molar-refractivity contribution is 7.57. The molecule has 2 aliphatic heterocycles. The first-order valence-corrected chi connectivity index (χ1v) is 19.4. The monoisotopic (exact) mass is 801 g/mol. The Morgan fingerprint density at radius 2 is 1.67 bits per heavy atom.